The molecule has 0 spiro atoms. The Hall–Kier alpha value is -2.48. The second-order valence-corrected chi connectivity index (χ2v) is 5.72. The molecule has 1 aromatic heterocycles. The topological polar surface area (TPSA) is 61.6 Å². The molecule has 1 aromatic carbocycles. The van der Waals surface area contributed by atoms with Gasteiger partial charge in [0.25, 0.3) is 0 Å². The maximum absolute atomic E-state index is 13.6. The average molecular weight is 336 g/mol. The number of nitrogens with one attached hydrogen (secondary N) is 1. The first-order chi connectivity index (χ1) is 11.5. The highest BCUT2D eigenvalue weighted by atomic mass is 19.2. The number of carbonyl (C=O) groups is 1. The van der Waals surface area contributed by atoms with E-state index < -0.39 is 17.7 Å². The van der Waals surface area contributed by atoms with E-state index in [1.165, 1.54) is 12.1 Å². The number of halogens is 2. The van der Waals surface area contributed by atoms with Gasteiger partial charge in [0.15, 0.2) is 11.6 Å². The summed E-state index contributed by atoms with van der Waals surface area (Å²) in [5.41, 5.74) is 0.702. The first-order valence-corrected chi connectivity index (χ1v) is 7.67. The van der Waals surface area contributed by atoms with Crippen molar-refractivity contribution in [2.75, 3.05) is 31.5 Å². The van der Waals surface area contributed by atoms with Crippen molar-refractivity contribution >= 4 is 11.7 Å². The second kappa shape index (κ2) is 6.96. The maximum atomic E-state index is 13.6. The molecular formula is C16H18F2N4O2. The average Bonchev–Trinajstić information content (AvgIpc) is 2.97. The molecule has 1 N–H and O–H groups in total. The van der Waals surface area contributed by atoms with Crippen LogP contribution in [-0.4, -0.2) is 47.2 Å². The molecule has 1 fully saturated rings. The van der Waals surface area contributed by atoms with Crippen LogP contribution in [0.4, 0.5) is 19.3 Å². The molecule has 0 saturated carbocycles. The third-order valence-electron chi connectivity index (χ3n) is 3.92. The van der Waals surface area contributed by atoms with Crippen LogP contribution in [0.2, 0.25) is 0 Å². The molecule has 8 heteroatoms. The van der Waals surface area contributed by atoms with E-state index in [1.54, 1.807) is 4.90 Å². The fourth-order valence-corrected chi connectivity index (χ4v) is 2.63. The molecule has 3 rings (SSSR count). The lowest BCUT2D eigenvalue weighted by Gasteiger charge is -2.34. The van der Waals surface area contributed by atoms with Crippen molar-refractivity contribution in [3.05, 3.63) is 47.4 Å². The zero-order chi connectivity index (χ0) is 17.1. The highest BCUT2D eigenvalue weighted by molar-refractivity contribution is 5.89. The van der Waals surface area contributed by atoms with Gasteiger partial charge in [-0.25, -0.2) is 13.6 Å². The van der Waals surface area contributed by atoms with E-state index in [0.717, 1.165) is 17.5 Å². The molecule has 0 bridgehead atoms. The summed E-state index contributed by atoms with van der Waals surface area (Å²) in [6.45, 7) is 4.84. The highest BCUT2D eigenvalue weighted by Crippen LogP contribution is 2.17. The predicted molar refractivity (Wildman–Crippen MR) is 83.5 cm³/mol. The number of benzene rings is 1. The van der Waals surface area contributed by atoms with Crippen molar-refractivity contribution in [2.24, 2.45) is 0 Å². The lowest BCUT2D eigenvalue weighted by Crippen LogP contribution is -2.49. The number of hydrogen-bond donors (Lipinski definition) is 1. The summed E-state index contributed by atoms with van der Waals surface area (Å²) < 4.78 is 31.8. The van der Waals surface area contributed by atoms with Gasteiger partial charge >= 0.3 is 6.03 Å². The SMILES string of the molecule is Cc1cc(CN2CCN(C(=O)Nc3cccc(F)c3F)CC2)no1. The van der Waals surface area contributed by atoms with Crippen LogP contribution < -0.4 is 5.32 Å². The van der Waals surface area contributed by atoms with Gasteiger partial charge in [0, 0.05) is 38.8 Å². The molecule has 0 unspecified atom stereocenters. The molecule has 6 nitrogen and oxygen atoms in total. The molecule has 2 amide bonds. The number of urea groups is 1. The molecule has 0 radical (unpaired) electrons. The van der Waals surface area contributed by atoms with Crippen molar-refractivity contribution in [2.45, 2.75) is 13.5 Å². The first kappa shape index (κ1) is 16.4. The van der Waals surface area contributed by atoms with E-state index in [4.69, 9.17) is 4.52 Å². The Labute approximate surface area is 138 Å². The van der Waals surface area contributed by atoms with Crippen molar-refractivity contribution in [3.8, 4) is 0 Å². The van der Waals surface area contributed by atoms with Crippen LogP contribution in [0.15, 0.2) is 28.8 Å². The van der Waals surface area contributed by atoms with Crippen LogP contribution in [-0.2, 0) is 6.54 Å². The highest BCUT2D eigenvalue weighted by Gasteiger charge is 2.22. The molecule has 1 saturated heterocycles. The van der Waals surface area contributed by atoms with Gasteiger partial charge in [-0.3, -0.25) is 4.90 Å². The minimum absolute atomic E-state index is 0.152. The predicted octanol–water partition coefficient (Wildman–Crippen LogP) is 2.61. The summed E-state index contributed by atoms with van der Waals surface area (Å²) in [6.07, 6.45) is 0. The zero-order valence-corrected chi connectivity index (χ0v) is 13.3. The van der Waals surface area contributed by atoms with E-state index in [0.29, 0.717) is 32.7 Å². The largest absolute Gasteiger partial charge is 0.361 e. The molecule has 2 aromatic rings. The lowest BCUT2D eigenvalue weighted by molar-refractivity contribution is 0.141. The van der Waals surface area contributed by atoms with Gasteiger partial charge in [-0.05, 0) is 19.1 Å². The summed E-state index contributed by atoms with van der Waals surface area (Å²) in [7, 11) is 0. The summed E-state index contributed by atoms with van der Waals surface area (Å²) in [4.78, 5) is 15.9. The molecule has 2 heterocycles. The Morgan fingerprint density at radius 2 is 2.04 bits per heavy atom. The third kappa shape index (κ3) is 3.70. The molecule has 1 aliphatic rings. The molecule has 1 aliphatic heterocycles. The standard InChI is InChI=1S/C16H18F2N4O2/c1-11-9-12(20-24-11)10-21-5-7-22(8-6-21)16(23)19-14-4-2-3-13(17)15(14)18/h2-4,9H,5-8,10H2,1H3,(H,19,23). The smallest absolute Gasteiger partial charge is 0.322 e. The number of hydrogen-bond acceptors (Lipinski definition) is 4. The number of aryl methyl sites for hydroxylation is 1. The van der Waals surface area contributed by atoms with Gasteiger partial charge in [-0.15, -0.1) is 0 Å². The molecule has 0 aliphatic carbocycles. The minimum Gasteiger partial charge on any atom is -0.361 e. The number of anilines is 1. The van der Waals surface area contributed by atoms with Crippen molar-refractivity contribution in [1.29, 1.82) is 0 Å². The van der Waals surface area contributed by atoms with E-state index >= 15 is 0 Å². The van der Waals surface area contributed by atoms with E-state index in [-0.39, 0.29) is 5.69 Å². The minimum atomic E-state index is -1.05. The number of aromatic nitrogens is 1. The lowest BCUT2D eigenvalue weighted by atomic mass is 10.2. The molecule has 24 heavy (non-hydrogen) atoms. The van der Waals surface area contributed by atoms with Gasteiger partial charge in [0.2, 0.25) is 0 Å². The number of amides is 2. The monoisotopic (exact) mass is 336 g/mol. The van der Waals surface area contributed by atoms with Gasteiger partial charge in [0.05, 0.1) is 11.4 Å². The van der Waals surface area contributed by atoms with Crippen molar-refractivity contribution < 1.29 is 18.1 Å². The Kier molecular flexibility index (Phi) is 4.75. The van der Waals surface area contributed by atoms with Gasteiger partial charge in [-0.1, -0.05) is 11.2 Å². The Bertz CT molecular complexity index is 727. The molecular weight excluding hydrogens is 318 g/mol. The van der Waals surface area contributed by atoms with Crippen LogP contribution in [0.5, 0.6) is 0 Å². The number of piperazine rings is 1. The van der Waals surface area contributed by atoms with Crippen LogP contribution >= 0.6 is 0 Å². The quantitative estimate of drug-likeness (QED) is 0.936. The summed E-state index contributed by atoms with van der Waals surface area (Å²) in [5.74, 6) is -1.27. The Morgan fingerprint density at radius 1 is 1.29 bits per heavy atom. The van der Waals surface area contributed by atoms with Crippen LogP contribution in [0.1, 0.15) is 11.5 Å². The summed E-state index contributed by atoms with van der Waals surface area (Å²) in [6, 6.07) is 5.14. The molecule has 0 atom stereocenters. The zero-order valence-electron chi connectivity index (χ0n) is 13.3. The fraction of sp³-hybridized carbons (Fsp3) is 0.375. The van der Waals surface area contributed by atoms with E-state index in [2.05, 4.69) is 15.4 Å². The van der Waals surface area contributed by atoms with Crippen LogP contribution in [0.25, 0.3) is 0 Å². The second-order valence-electron chi connectivity index (χ2n) is 5.72. The fourth-order valence-electron chi connectivity index (χ4n) is 2.63. The Morgan fingerprint density at radius 3 is 2.71 bits per heavy atom. The van der Waals surface area contributed by atoms with Gasteiger partial charge in [-0.2, -0.15) is 0 Å². The normalized spacial score (nSPS) is 15.5. The first-order valence-electron chi connectivity index (χ1n) is 7.67. The summed E-state index contributed by atoms with van der Waals surface area (Å²) >= 11 is 0. The third-order valence-corrected chi connectivity index (χ3v) is 3.92. The number of carbonyl (C=O) groups excluding carboxylic acids is 1. The van der Waals surface area contributed by atoms with Crippen molar-refractivity contribution in [1.82, 2.24) is 15.0 Å². The maximum Gasteiger partial charge on any atom is 0.322 e. The number of rotatable bonds is 3. The van der Waals surface area contributed by atoms with Crippen LogP contribution in [0, 0.1) is 18.6 Å². The van der Waals surface area contributed by atoms with E-state index in [9.17, 15) is 13.6 Å². The summed E-state index contributed by atoms with van der Waals surface area (Å²) in [5, 5.41) is 6.37. The van der Waals surface area contributed by atoms with Crippen molar-refractivity contribution in [3.63, 3.8) is 0 Å². The van der Waals surface area contributed by atoms with Gasteiger partial charge < -0.3 is 14.7 Å². The Balaban J connectivity index is 1.52. The molecule has 128 valence electrons. The number of nitrogens with zero attached hydrogens (tertiary/aromatic N) is 3. The van der Waals surface area contributed by atoms with Gasteiger partial charge in [0.1, 0.15) is 5.76 Å². The van der Waals surface area contributed by atoms with E-state index in [1.807, 2.05) is 13.0 Å². The van der Waals surface area contributed by atoms with Crippen LogP contribution in [0.3, 0.4) is 0 Å².